The van der Waals surface area contributed by atoms with Crippen LogP contribution in [-0.4, -0.2) is 156 Å². The van der Waals surface area contributed by atoms with Gasteiger partial charge < -0.3 is 48.5 Å². The number of piperidine rings is 3. The number of aromatic nitrogens is 6. The number of carbonyl (C=O) groups is 4. The molecule has 4 aromatic heterocycles. The van der Waals surface area contributed by atoms with Crippen LogP contribution in [0.15, 0.2) is 79.1 Å². The van der Waals surface area contributed by atoms with Crippen LogP contribution in [0.4, 0.5) is 40.3 Å². The number of halogens is 7. The van der Waals surface area contributed by atoms with E-state index in [0.717, 1.165) is 70.7 Å². The zero-order valence-corrected chi connectivity index (χ0v) is 46.7. The van der Waals surface area contributed by atoms with Crippen molar-refractivity contribution in [1.82, 2.24) is 49.5 Å². The Labute approximate surface area is 473 Å². The lowest BCUT2D eigenvalue weighted by atomic mass is 9.89. The second kappa shape index (κ2) is 24.1. The molecule has 4 aliphatic heterocycles. The van der Waals surface area contributed by atoms with Gasteiger partial charge in [0.1, 0.15) is 40.5 Å². The Kier molecular flexibility index (Phi) is 17.3. The number of aromatic amines is 2. The van der Waals surface area contributed by atoms with Crippen LogP contribution in [0.5, 0.6) is 11.5 Å². The molecule has 0 saturated carbocycles. The zero-order chi connectivity index (χ0) is 59.6. The van der Waals surface area contributed by atoms with Crippen molar-refractivity contribution in [1.29, 1.82) is 0 Å². The SMILES string of the molecule is CC(C)(C)OC(=O)N1CC=C(c2nc3nccc(C4CCN(C(=O)c5ccc(OC(F)(F)F)cc5)CC4)c3[nH]2)CC1.CC(C)(C)OC(=O)N1CCC(c2nc3nccc(C4CCN(C(=O)c5ccc(OC(F)(F)F)cc5)CC4)c3[nH]2)C(F)C1. The van der Waals surface area contributed by atoms with Gasteiger partial charge in [-0.3, -0.25) is 9.59 Å². The summed E-state index contributed by atoms with van der Waals surface area (Å²) in [5.41, 5.74) is 5.18. The van der Waals surface area contributed by atoms with Gasteiger partial charge in [0.2, 0.25) is 0 Å². The minimum Gasteiger partial charge on any atom is -0.444 e. The Morgan fingerprint density at radius 3 is 1.43 bits per heavy atom. The number of benzene rings is 2. The number of hydrogen-bond donors (Lipinski definition) is 2. The van der Waals surface area contributed by atoms with Gasteiger partial charge in [0.25, 0.3) is 11.8 Å². The van der Waals surface area contributed by atoms with E-state index >= 15 is 4.39 Å². The highest BCUT2D eigenvalue weighted by molar-refractivity contribution is 5.95. The first-order chi connectivity index (χ1) is 39.1. The molecule has 4 amide bonds. The van der Waals surface area contributed by atoms with E-state index in [2.05, 4.69) is 34.4 Å². The molecule has 83 heavy (non-hydrogen) atoms. The first-order valence-electron chi connectivity index (χ1n) is 27.4. The Morgan fingerprint density at radius 1 is 0.554 bits per heavy atom. The molecule has 0 radical (unpaired) electrons. The number of hydrogen-bond acceptors (Lipinski definition) is 12. The summed E-state index contributed by atoms with van der Waals surface area (Å²) >= 11 is 0. The van der Waals surface area contributed by atoms with Crippen LogP contribution in [0, 0.1) is 0 Å². The molecule has 444 valence electrons. The number of imidazole rings is 2. The maximum absolute atomic E-state index is 15.3. The van der Waals surface area contributed by atoms with Crippen molar-refractivity contribution in [2.75, 3.05) is 52.4 Å². The lowest BCUT2D eigenvalue weighted by Crippen LogP contribution is -2.46. The normalized spacial score (nSPS) is 18.8. The van der Waals surface area contributed by atoms with Gasteiger partial charge in [0, 0.05) is 69.3 Å². The molecule has 18 nitrogen and oxygen atoms in total. The largest absolute Gasteiger partial charge is 0.573 e. The summed E-state index contributed by atoms with van der Waals surface area (Å²) < 4.78 is 108. The average molecular weight is 1160 g/mol. The fourth-order valence-corrected chi connectivity index (χ4v) is 10.7. The predicted molar refractivity (Wildman–Crippen MR) is 290 cm³/mol. The number of likely N-dealkylation sites (tertiary alicyclic amines) is 3. The molecule has 8 heterocycles. The summed E-state index contributed by atoms with van der Waals surface area (Å²) in [6.07, 6.45) is -2.58. The van der Waals surface area contributed by atoms with Crippen molar-refractivity contribution in [3.05, 3.63) is 113 Å². The molecule has 2 aromatic carbocycles. The topological polar surface area (TPSA) is 201 Å². The van der Waals surface area contributed by atoms with Gasteiger partial charge >= 0.3 is 24.9 Å². The van der Waals surface area contributed by atoms with Crippen LogP contribution >= 0.6 is 0 Å². The highest BCUT2D eigenvalue weighted by Crippen LogP contribution is 2.37. The summed E-state index contributed by atoms with van der Waals surface area (Å²) in [5.74, 6) is -0.241. The Balaban J connectivity index is 0.000000200. The van der Waals surface area contributed by atoms with E-state index in [1.807, 2.05) is 39.0 Å². The Hall–Kier alpha value is -7.99. The molecule has 2 unspecified atom stereocenters. The number of carbonyl (C=O) groups excluding carboxylic acids is 4. The molecule has 0 aliphatic carbocycles. The van der Waals surface area contributed by atoms with Crippen molar-refractivity contribution in [3.8, 4) is 11.5 Å². The number of alkyl halides is 7. The number of fused-ring (bicyclic) bond motifs is 2. The first-order valence-corrected chi connectivity index (χ1v) is 27.4. The quantitative estimate of drug-likeness (QED) is 0.137. The van der Waals surface area contributed by atoms with E-state index in [4.69, 9.17) is 14.5 Å². The van der Waals surface area contributed by atoms with Crippen LogP contribution < -0.4 is 9.47 Å². The molecule has 4 aliphatic rings. The third kappa shape index (κ3) is 15.2. The fourth-order valence-electron chi connectivity index (χ4n) is 10.7. The number of pyridine rings is 2. The van der Waals surface area contributed by atoms with Gasteiger partial charge in [0.15, 0.2) is 11.3 Å². The van der Waals surface area contributed by atoms with Gasteiger partial charge in [-0.25, -0.2) is 33.9 Å². The second-order valence-electron chi connectivity index (χ2n) is 22.9. The van der Waals surface area contributed by atoms with E-state index in [0.29, 0.717) is 94.2 Å². The molecule has 0 spiro atoms. The lowest BCUT2D eigenvalue weighted by Gasteiger charge is -2.34. The minimum absolute atomic E-state index is 0.0819. The van der Waals surface area contributed by atoms with E-state index < -0.39 is 42.1 Å². The summed E-state index contributed by atoms with van der Waals surface area (Å²) in [5, 5.41) is 0. The summed E-state index contributed by atoms with van der Waals surface area (Å²) in [4.78, 5) is 82.1. The van der Waals surface area contributed by atoms with E-state index in [1.165, 1.54) is 29.2 Å². The van der Waals surface area contributed by atoms with Gasteiger partial charge in [0.05, 0.1) is 23.5 Å². The zero-order valence-electron chi connectivity index (χ0n) is 46.7. The molecule has 10 rings (SSSR count). The summed E-state index contributed by atoms with van der Waals surface area (Å²) in [6, 6.07) is 13.8. The maximum Gasteiger partial charge on any atom is 0.573 e. The summed E-state index contributed by atoms with van der Waals surface area (Å²) in [6.45, 7) is 14.0. The first kappa shape index (κ1) is 59.6. The van der Waals surface area contributed by atoms with E-state index in [-0.39, 0.29) is 53.4 Å². The van der Waals surface area contributed by atoms with Crippen LogP contribution in [-0.2, 0) is 9.47 Å². The maximum atomic E-state index is 15.3. The molecule has 0 bridgehead atoms. The molecule has 3 fully saturated rings. The van der Waals surface area contributed by atoms with Crippen molar-refractivity contribution < 1.29 is 68.9 Å². The number of H-pyrrole nitrogens is 2. The number of amides is 4. The van der Waals surface area contributed by atoms with Crippen molar-refractivity contribution in [2.45, 2.75) is 128 Å². The Bertz CT molecular complexity index is 3320. The Morgan fingerprint density at radius 2 is 1.00 bits per heavy atom. The van der Waals surface area contributed by atoms with Crippen molar-refractivity contribution >= 4 is 51.9 Å². The predicted octanol–water partition coefficient (Wildman–Crippen LogP) is 11.8. The number of nitrogens with one attached hydrogen (secondary N) is 2. The number of nitrogens with zero attached hydrogens (tertiary/aromatic N) is 8. The molecule has 6 aromatic rings. The van der Waals surface area contributed by atoms with Gasteiger partial charge in [-0.2, -0.15) is 0 Å². The lowest BCUT2D eigenvalue weighted by molar-refractivity contribution is -0.275. The summed E-state index contributed by atoms with van der Waals surface area (Å²) in [7, 11) is 0. The molecular formula is C58H65F7N10O8. The highest BCUT2D eigenvalue weighted by atomic mass is 19.4. The van der Waals surface area contributed by atoms with Gasteiger partial charge in [-0.15, -0.1) is 26.3 Å². The molecule has 25 heteroatoms. The number of rotatable bonds is 8. The smallest absolute Gasteiger partial charge is 0.444 e. The van der Waals surface area contributed by atoms with Crippen molar-refractivity contribution in [2.24, 2.45) is 0 Å². The monoisotopic (exact) mass is 1160 g/mol. The molecule has 3 saturated heterocycles. The van der Waals surface area contributed by atoms with Crippen molar-refractivity contribution in [3.63, 3.8) is 0 Å². The molecule has 2 N–H and O–H groups in total. The average Bonchev–Trinajstić information content (AvgIpc) is 4.31. The third-order valence-corrected chi connectivity index (χ3v) is 14.7. The standard InChI is InChI=1S/C29H33F4N5O4.C29H32F3N5O4/c1-28(2,3)42-27(40)38-15-11-21(22(30)16-38)24-35-23-20(8-12-34-25(23)36-24)17-9-13-37(14-10-17)26(39)18-4-6-19(7-5-18)41-29(31,32)33;1-28(2,3)41-27(39)37-16-11-19(12-17-37)24-34-23-22(8-13-33-25(23)35-24)18-9-14-36(15-10-18)26(38)20-4-6-21(7-5-20)40-29(30,31)32/h4-8,12,17,21-22H,9-11,13-16H2,1-3H3,(H,34,35,36);4-8,11,13,18H,9-10,12,14-17H2,1-3H3,(H,33,34,35). The van der Waals surface area contributed by atoms with Crippen LogP contribution in [0.1, 0.15) is 141 Å². The van der Waals surface area contributed by atoms with Gasteiger partial charge in [-0.05, 0) is 169 Å². The van der Waals surface area contributed by atoms with E-state index in [1.54, 1.807) is 47.9 Å². The van der Waals surface area contributed by atoms with Gasteiger partial charge in [-0.1, -0.05) is 6.08 Å². The van der Waals surface area contributed by atoms with E-state index in [9.17, 15) is 45.5 Å². The fraction of sp³-hybridized carbons (Fsp3) is 0.483. The molecular weight excluding hydrogens is 1100 g/mol. The minimum atomic E-state index is -4.80. The highest BCUT2D eigenvalue weighted by Gasteiger charge is 2.38. The second-order valence-corrected chi connectivity index (χ2v) is 22.9. The van der Waals surface area contributed by atoms with Crippen LogP contribution in [0.25, 0.3) is 27.9 Å². The van der Waals surface area contributed by atoms with Crippen LogP contribution in [0.2, 0.25) is 0 Å². The third-order valence-electron chi connectivity index (χ3n) is 14.7. The molecule has 2 atom stereocenters. The number of ether oxygens (including phenoxy) is 4. The van der Waals surface area contributed by atoms with Crippen LogP contribution in [0.3, 0.4) is 0 Å².